The Balaban J connectivity index is 2.67. The van der Waals surface area contributed by atoms with Crippen LogP contribution in [0.3, 0.4) is 0 Å². The molecular formula is C16H32N2O2. The maximum Gasteiger partial charge on any atom is 0.251 e. The Bertz CT molecular complexity index is 314. The molecule has 4 heteroatoms. The summed E-state index contributed by atoms with van der Waals surface area (Å²) < 4.78 is 6.15. The lowest BCUT2D eigenvalue weighted by Crippen LogP contribution is -2.50. The number of ether oxygens (including phenoxy) is 1. The first kappa shape index (κ1) is 17.4. The van der Waals surface area contributed by atoms with Crippen LogP contribution in [0, 0.1) is 5.41 Å². The molecule has 1 saturated carbocycles. The molecular weight excluding hydrogens is 252 g/mol. The molecule has 1 atom stereocenters. The second-order valence-electron chi connectivity index (χ2n) is 6.82. The van der Waals surface area contributed by atoms with Gasteiger partial charge in [0.1, 0.15) is 6.10 Å². The summed E-state index contributed by atoms with van der Waals surface area (Å²) >= 11 is 0. The number of likely N-dealkylation sites (N-methyl/N-ethyl adjacent to an activating group) is 1. The molecule has 0 spiro atoms. The minimum absolute atomic E-state index is 0.0765. The lowest BCUT2D eigenvalue weighted by molar-refractivity contribution is -0.161. The predicted octanol–water partition coefficient (Wildman–Crippen LogP) is 2.56. The molecule has 0 saturated heterocycles. The van der Waals surface area contributed by atoms with Crippen molar-refractivity contribution in [3.8, 4) is 0 Å². The minimum Gasteiger partial charge on any atom is -0.361 e. The smallest absolute Gasteiger partial charge is 0.251 e. The Labute approximate surface area is 124 Å². The molecule has 1 aliphatic carbocycles. The first-order chi connectivity index (χ1) is 9.29. The molecule has 0 heterocycles. The molecule has 0 radical (unpaired) electrons. The zero-order chi connectivity index (χ0) is 15.4. The molecule has 1 fully saturated rings. The fraction of sp³-hybridized carbons (Fsp3) is 0.938. The van der Waals surface area contributed by atoms with Crippen LogP contribution in [0.5, 0.6) is 0 Å². The summed E-state index contributed by atoms with van der Waals surface area (Å²) in [6, 6.07) is 0. The van der Waals surface area contributed by atoms with Gasteiger partial charge in [0.05, 0.1) is 5.60 Å². The quantitative estimate of drug-likeness (QED) is 0.815. The Morgan fingerprint density at radius 2 is 1.70 bits per heavy atom. The van der Waals surface area contributed by atoms with Crippen LogP contribution in [0.2, 0.25) is 0 Å². The predicted molar refractivity (Wildman–Crippen MR) is 82.5 cm³/mol. The molecule has 0 aromatic heterocycles. The van der Waals surface area contributed by atoms with E-state index in [4.69, 9.17) is 10.5 Å². The second-order valence-corrected chi connectivity index (χ2v) is 6.82. The largest absolute Gasteiger partial charge is 0.361 e. The van der Waals surface area contributed by atoms with Crippen molar-refractivity contribution in [3.63, 3.8) is 0 Å². The molecule has 20 heavy (non-hydrogen) atoms. The summed E-state index contributed by atoms with van der Waals surface area (Å²) in [6.07, 6.45) is 3.71. The first-order valence-electron chi connectivity index (χ1n) is 7.96. The van der Waals surface area contributed by atoms with Gasteiger partial charge in [-0.05, 0) is 51.9 Å². The number of rotatable bonds is 6. The van der Waals surface area contributed by atoms with Crippen LogP contribution in [0.15, 0.2) is 0 Å². The van der Waals surface area contributed by atoms with Gasteiger partial charge in [0.15, 0.2) is 0 Å². The van der Waals surface area contributed by atoms with E-state index in [9.17, 15) is 4.79 Å². The van der Waals surface area contributed by atoms with Crippen LogP contribution < -0.4 is 5.73 Å². The lowest BCUT2D eigenvalue weighted by Gasteiger charge is -2.44. The summed E-state index contributed by atoms with van der Waals surface area (Å²) in [5, 5.41) is 0. The summed E-state index contributed by atoms with van der Waals surface area (Å²) in [7, 11) is 0. The van der Waals surface area contributed by atoms with Gasteiger partial charge in [-0.2, -0.15) is 0 Å². The number of carbonyl (C=O) groups is 1. The normalized spacial score (nSPS) is 22.3. The van der Waals surface area contributed by atoms with Crippen LogP contribution in [0.4, 0.5) is 0 Å². The van der Waals surface area contributed by atoms with Crippen LogP contribution in [0.1, 0.15) is 60.3 Å². The molecule has 0 aromatic carbocycles. The molecule has 118 valence electrons. The molecule has 0 bridgehead atoms. The number of nitrogens with two attached hydrogens (primary N) is 1. The monoisotopic (exact) mass is 284 g/mol. The van der Waals surface area contributed by atoms with Gasteiger partial charge in [0, 0.05) is 19.6 Å². The van der Waals surface area contributed by atoms with Gasteiger partial charge in [0.25, 0.3) is 5.91 Å². The average molecular weight is 284 g/mol. The Hall–Kier alpha value is -0.610. The van der Waals surface area contributed by atoms with Crippen molar-refractivity contribution < 1.29 is 9.53 Å². The zero-order valence-corrected chi connectivity index (χ0v) is 13.9. The fourth-order valence-electron chi connectivity index (χ4n) is 2.97. The molecule has 1 amide bonds. The molecule has 4 nitrogen and oxygen atoms in total. The summed E-state index contributed by atoms with van der Waals surface area (Å²) in [4.78, 5) is 14.1. The van der Waals surface area contributed by atoms with E-state index in [2.05, 4.69) is 13.8 Å². The minimum atomic E-state index is -0.403. The number of carbonyl (C=O) groups excluding carboxylic acids is 1. The SMILES string of the molecule is CCN(CC)C(=O)C(C)OC1(CN)CCC(C)(C)CC1. The highest BCUT2D eigenvalue weighted by molar-refractivity contribution is 5.80. The van der Waals surface area contributed by atoms with Crippen molar-refractivity contribution in [1.82, 2.24) is 4.90 Å². The van der Waals surface area contributed by atoms with Crippen molar-refractivity contribution in [1.29, 1.82) is 0 Å². The van der Waals surface area contributed by atoms with Gasteiger partial charge in [-0.15, -0.1) is 0 Å². The third kappa shape index (κ3) is 4.19. The van der Waals surface area contributed by atoms with Gasteiger partial charge in [-0.3, -0.25) is 4.79 Å². The molecule has 1 rings (SSSR count). The van der Waals surface area contributed by atoms with Gasteiger partial charge in [-0.1, -0.05) is 13.8 Å². The maximum atomic E-state index is 12.3. The van der Waals surface area contributed by atoms with Crippen molar-refractivity contribution in [2.24, 2.45) is 11.1 Å². The number of nitrogens with zero attached hydrogens (tertiary/aromatic N) is 1. The van der Waals surface area contributed by atoms with E-state index in [1.807, 2.05) is 25.7 Å². The zero-order valence-electron chi connectivity index (χ0n) is 13.9. The molecule has 0 aromatic rings. The third-order valence-electron chi connectivity index (χ3n) is 4.74. The van der Waals surface area contributed by atoms with Crippen molar-refractivity contribution in [2.45, 2.75) is 72.0 Å². The number of hydrogen-bond donors (Lipinski definition) is 1. The molecule has 1 unspecified atom stereocenters. The van der Waals surface area contributed by atoms with E-state index < -0.39 is 6.10 Å². The molecule has 0 aliphatic heterocycles. The van der Waals surface area contributed by atoms with Gasteiger partial charge < -0.3 is 15.4 Å². The topological polar surface area (TPSA) is 55.6 Å². The summed E-state index contributed by atoms with van der Waals surface area (Å²) in [6.45, 7) is 12.4. The molecule has 2 N–H and O–H groups in total. The highest BCUT2D eigenvalue weighted by Gasteiger charge is 2.40. The Morgan fingerprint density at radius 1 is 1.20 bits per heavy atom. The van der Waals surface area contributed by atoms with E-state index in [1.165, 1.54) is 0 Å². The van der Waals surface area contributed by atoms with E-state index in [1.54, 1.807) is 0 Å². The van der Waals surface area contributed by atoms with E-state index in [-0.39, 0.29) is 11.5 Å². The summed E-state index contributed by atoms with van der Waals surface area (Å²) in [5.41, 5.74) is 6.03. The van der Waals surface area contributed by atoms with Crippen LogP contribution in [0.25, 0.3) is 0 Å². The Kier molecular flexibility index (Phi) is 6.02. The van der Waals surface area contributed by atoms with Crippen LogP contribution >= 0.6 is 0 Å². The van der Waals surface area contributed by atoms with Crippen molar-refractivity contribution in [2.75, 3.05) is 19.6 Å². The van der Waals surface area contributed by atoms with Crippen molar-refractivity contribution in [3.05, 3.63) is 0 Å². The van der Waals surface area contributed by atoms with Crippen molar-refractivity contribution >= 4 is 5.91 Å². The number of hydrogen-bond acceptors (Lipinski definition) is 3. The van der Waals surface area contributed by atoms with E-state index in [0.717, 1.165) is 38.8 Å². The maximum absolute atomic E-state index is 12.3. The standard InChI is InChI=1S/C16H32N2O2/c1-6-18(7-2)14(19)13(3)20-16(12-17)10-8-15(4,5)9-11-16/h13H,6-12,17H2,1-5H3. The average Bonchev–Trinajstić information content (AvgIpc) is 2.42. The van der Waals surface area contributed by atoms with Gasteiger partial charge in [0.2, 0.25) is 0 Å². The van der Waals surface area contributed by atoms with Crippen LogP contribution in [-0.4, -0.2) is 42.1 Å². The van der Waals surface area contributed by atoms with Gasteiger partial charge >= 0.3 is 0 Å². The third-order valence-corrected chi connectivity index (χ3v) is 4.74. The fourth-order valence-corrected chi connectivity index (χ4v) is 2.97. The second kappa shape index (κ2) is 6.90. The lowest BCUT2D eigenvalue weighted by atomic mass is 9.71. The first-order valence-corrected chi connectivity index (χ1v) is 7.96. The number of amides is 1. The highest BCUT2D eigenvalue weighted by Crippen LogP contribution is 2.42. The summed E-state index contributed by atoms with van der Waals surface area (Å²) in [5.74, 6) is 0.0765. The molecule has 1 aliphatic rings. The Morgan fingerprint density at radius 3 is 2.10 bits per heavy atom. The van der Waals surface area contributed by atoms with E-state index in [0.29, 0.717) is 12.0 Å². The van der Waals surface area contributed by atoms with Gasteiger partial charge in [-0.25, -0.2) is 0 Å². The highest BCUT2D eigenvalue weighted by atomic mass is 16.5. The van der Waals surface area contributed by atoms with Crippen LogP contribution in [-0.2, 0) is 9.53 Å². The van der Waals surface area contributed by atoms with E-state index >= 15 is 0 Å².